The highest BCUT2D eigenvalue weighted by molar-refractivity contribution is 7.89. The van der Waals surface area contributed by atoms with Gasteiger partial charge in [0.2, 0.25) is 10.0 Å². The van der Waals surface area contributed by atoms with Gasteiger partial charge in [0.15, 0.2) is 0 Å². The molecule has 0 bridgehead atoms. The normalized spacial score (nSPS) is 11.4. The first-order valence-electron chi connectivity index (χ1n) is 8.20. The van der Waals surface area contributed by atoms with Crippen LogP contribution in [0.5, 0.6) is 0 Å². The fraction of sp³-hybridized carbons (Fsp3) is 0.105. The first-order chi connectivity index (χ1) is 13.4. The second-order valence-electron chi connectivity index (χ2n) is 5.82. The van der Waals surface area contributed by atoms with Gasteiger partial charge in [-0.1, -0.05) is 41.4 Å². The van der Waals surface area contributed by atoms with Gasteiger partial charge in [-0.25, -0.2) is 13.1 Å². The molecule has 28 heavy (non-hydrogen) atoms. The van der Waals surface area contributed by atoms with Crippen molar-refractivity contribution in [1.29, 1.82) is 0 Å². The van der Waals surface area contributed by atoms with Crippen LogP contribution in [0.15, 0.2) is 70.2 Å². The number of furan rings is 1. The number of carbonyl (C=O) groups is 1. The van der Waals surface area contributed by atoms with Crippen molar-refractivity contribution >= 4 is 39.1 Å². The van der Waals surface area contributed by atoms with E-state index in [0.717, 1.165) is 5.56 Å². The molecule has 2 N–H and O–H groups in total. The number of rotatable bonds is 7. The van der Waals surface area contributed by atoms with E-state index in [4.69, 9.17) is 27.6 Å². The summed E-state index contributed by atoms with van der Waals surface area (Å²) in [6.07, 6.45) is 1.45. The predicted molar refractivity (Wildman–Crippen MR) is 107 cm³/mol. The maximum atomic E-state index is 12.6. The molecule has 6 nitrogen and oxygen atoms in total. The van der Waals surface area contributed by atoms with Gasteiger partial charge in [-0.05, 0) is 42.0 Å². The van der Waals surface area contributed by atoms with Gasteiger partial charge in [0.05, 0.1) is 17.8 Å². The van der Waals surface area contributed by atoms with E-state index in [2.05, 4.69) is 10.0 Å². The zero-order valence-electron chi connectivity index (χ0n) is 14.5. The molecule has 0 atom stereocenters. The molecule has 146 valence electrons. The Labute approximate surface area is 172 Å². The molecule has 0 saturated carbocycles. The van der Waals surface area contributed by atoms with Crippen molar-refractivity contribution in [1.82, 2.24) is 10.0 Å². The van der Waals surface area contributed by atoms with Gasteiger partial charge in [-0.3, -0.25) is 4.79 Å². The van der Waals surface area contributed by atoms with Crippen LogP contribution >= 0.6 is 23.2 Å². The van der Waals surface area contributed by atoms with Gasteiger partial charge < -0.3 is 9.73 Å². The minimum Gasteiger partial charge on any atom is -0.468 e. The van der Waals surface area contributed by atoms with E-state index in [1.165, 1.54) is 24.5 Å². The lowest BCUT2D eigenvalue weighted by molar-refractivity contribution is 0.0950. The molecule has 0 aliphatic rings. The Balaban J connectivity index is 1.74. The number of hydrogen-bond donors (Lipinski definition) is 2. The zero-order valence-corrected chi connectivity index (χ0v) is 16.8. The summed E-state index contributed by atoms with van der Waals surface area (Å²) in [5, 5.41) is 3.25. The van der Waals surface area contributed by atoms with Gasteiger partial charge in [-0.15, -0.1) is 0 Å². The van der Waals surface area contributed by atoms with Crippen molar-refractivity contribution in [2.24, 2.45) is 0 Å². The van der Waals surface area contributed by atoms with Crippen LogP contribution in [-0.4, -0.2) is 14.3 Å². The van der Waals surface area contributed by atoms with Crippen LogP contribution in [0.4, 0.5) is 0 Å². The maximum absolute atomic E-state index is 12.6. The molecule has 0 aliphatic heterocycles. The molecule has 2 aromatic carbocycles. The smallest absolute Gasteiger partial charge is 0.251 e. The molecule has 0 aliphatic carbocycles. The Kier molecular flexibility index (Phi) is 6.41. The number of benzene rings is 2. The van der Waals surface area contributed by atoms with E-state index in [9.17, 15) is 13.2 Å². The van der Waals surface area contributed by atoms with Crippen LogP contribution < -0.4 is 10.0 Å². The highest BCUT2D eigenvalue weighted by atomic mass is 35.5. The second kappa shape index (κ2) is 8.79. The van der Waals surface area contributed by atoms with Gasteiger partial charge >= 0.3 is 0 Å². The van der Waals surface area contributed by atoms with E-state index in [1.54, 1.807) is 30.3 Å². The molecule has 3 aromatic rings. The zero-order chi connectivity index (χ0) is 20.1. The fourth-order valence-corrected chi connectivity index (χ4v) is 4.15. The highest BCUT2D eigenvalue weighted by Crippen LogP contribution is 2.23. The van der Waals surface area contributed by atoms with Crippen molar-refractivity contribution < 1.29 is 17.6 Å². The van der Waals surface area contributed by atoms with Gasteiger partial charge in [-0.2, -0.15) is 0 Å². The van der Waals surface area contributed by atoms with Crippen LogP contribution in [-0.2, 0) is 23.1 Å². The second-order valence-corrected chi connectivity index (χ2v) is 8.37. The summed E-state index contributed by atoms with van der Waals surface area (Å²) in [6.45, 7) is 0.175. The minimum atomic E-state index is -3.94. The van der Waals surface area contributed by atoms with Gasteiger partial charge in [0, 0.05) is 17.1 Å². The summed E-state index contributed by atoms with van der Waals surface area (Å²) >= 11 is 12.1. The highest BCUT2D eigenvalue weighted by Gasteiger charge is 2.20. The van der Waals surface area contributed by atoms with E-state index in [0.29, 0.717) is 10.8 Å². The number of halogens is 2. The summed E-state index contributed by atoms with van der Waals surface area (Å²) in [6, 6.07) is 14.5. The van der Waals surface area contributed by atoms with E-state index in [-0.39, 0.29) is 28.6 Å². The topological polar surface area (TPSA) is 88.4 Å². The minimum absolute atomic E-state index is 0.00889. The molecule has 0 radical (unpaired) electrons. The van der Waals surface area contributed by atoms with Crippen LogP contribution in [0.25, 0.3) is 0 Å². The fourth-order valence-electron chi connectivity index (χ4n) is 2.43. The monoisotopic (exact) mass is 438 g/mol. The van der Waals surface area contributed by atoms with E-state index in [1.807, 2.05) is 6.07 Å². The quantitative estimate of drug-likeness (QED) is 0.583. The molecule has 0 saturated heterocycles. The summed E-state index contributed by atoms with van der Waals surface area (Å²) < 4.78 is 32.6. The maximum Gasteiger partial charge on any atom is 0.251 e. The molecule has 9 heteroatoms. The Hall–Kier alpha value is -2.32. The first kappa shape index (κ1) is 20.4. The van der Waals surface area contributed by atoms with Gasteiger partial charge in [0.25, 0.3) is 5.91 Å². The third kappa shape index (κ3) is 4.94. The predicted octanol–water partition coefficient (Wildman–Crippen LogP) is 3.99. The molecular weight excluding hydrogens is 423 g/mol. The summed E-state index contributed by atoms with van der Waals surface area (Å²) in [5.74, 6) is 0.00686. The van der Waals surface area contributed by atoms with Crippen molar-refractivity contribution in [3.8, 4) is 0 Å². The Morgan fingerprint density at radius 1 is 0.964 bits per heavy atom. The van der Waals surface area contributed by atoms with Crippen LogP contribution in [0.1, 0.15) is 21.7 Å². The molecule has 3 rings (SSSR count). The van der Waals surface area contributed by atoms with Crippen LogP contribution in [0.2, 0.25) is 10.0 Å². The lowest BCUT2D eigenvalue weighted by Crippen LogP contribution is -2.25. The number of nitrogens with one attached hydrogen (secondary N) is 2. The first-order valence-corrected chi connectivity index (χ1v) is 10.4. The summed E-state index contributed by atoms with van der Waals surface area (Å²) in [7, 11) is -3.94. The Morgan fingerprint density at radius 3 is 2.46 bits per heavy atom. The number of amides is 1. The third-order valence-electron chi connectivity index (χ3n) is 3.90. The SMILES string of the molecule is O=C(NCc1ccccc1Cl)c1ccc(Cl)c(S(=O)(=O)NCc2ccco2)c1. The molecular formula is C19H16Cl2N2O4S. The Morgan fingerprint density at radius 2 is 1.75 bits per heavy atom. The largest absolute Gasteiger partial charge is 0.468 e. The molecule has 0 fully saturated rings. The van der Waals surface area contributed by atoms with Crippen molar-refractivity contribution in [2.75, 3.05) is 0 Å². The number of hydrogen-bond acceptors (Lipinski definition) is 4. The molecule has 1 heterocycles. The molecule has 0 spiro atoms. The summed E-state index contributed by atoms with van der Waals surface area (Å²) in [4.78, 5) is 12.2. The van der Waals surface area contributed by atoms with Crippen molar-refractivity contribution in [3.63, 3.8) is 0 Å². The lowest BCUT2D eigenvalue weighted by atomic mass is 10.2. The molecule has 1 aromatic heterocycles. The van der Waals surface area contributed by atoms with E-state index >= 15 is 0 Å². The lowest BCUT2D eigenvalue weighted by Gasteiger charge is -2.11. The molecule has 0 unspecified atom stereocenters. The summed E-state index contributed by atoms with van der Waals surface area (Å²) in [5.41, 5.74) is 0.911. The van der Waals surface area contributed by atoms with E-state index < -0.39 is 15.9 Å². The third-order valence-corrected chi connectivity index (χ3v) is 6.15. The standard InChI is InChI=1S/C19H16Cl2N2O4S/c20-16-6-2-1-4-14(16)11-22-19(24)13-7-8-17(21)18(10-13)28(25,26)23-12-15-5-3-9-27-15/h1-10,23H,11-12H2,(H,22,24). The average Bonchev–Trinajstić information content (AvgIpc) is 3.19. The Bertz CT molecular complexity index is 1080. The van der Waals surface area contributed by atoms with Crippen LogP contribution in [0.3, 0.4) is 0 Å². The van der Waals surface area contributed by atoms with Crippen molar-refractivity contribution in [2.45, 2.75) is 18.0 Å². The molecule has 1 amide bonds. The number of carbonyl (C=O) groups excluding carboxylic acids is 1. The van der Waals surface area contributed by atoms with Crippen molar-refractivity contribution in [3.05, 3.63) is 87.8 Å². The van der Waals surface area contributed by atoms with Gasteiger partial charge in [0.1, 0.15) is 10.7 Å². The average molecular weight is 439 g/mol. The van der Waals surface area contributed by atoms with Crippen LogP contribution in [0, 0.1) is 0 Å². The number of sulfonamides is 1.